The molecule has 82 valence electrons. The Kier molecular flexibility index (Phi) is 5.15. The first-order valence-corrected chi connectivity index (χ1v) is 5.60. The molecule has 0 amide bonds. The van der Waals surface area contributed by atoms with Crippen LogP contribution in [-0.4, -0.2) is 43.2 Å². The lowest BCUT2D eigenvalue weighted by atomic mass is 10.1. The Labute approximate surface area is 87.3 Å². The maximum absolute atomic E-state index is 5.64. The maximum atomic E-state index is 5.64. The van der Waals surface area contributed by atoms with Gasteiger partial charge in [-0.2, -0.15) is 0 Å². The van der Waals surface area contributed by atoms with Crippen molar-refractivity contribution < 1.29 is 0 Å². The molecule has 2 atom stereocenters. The summed E-state index contributed by atoms with van der Waals surface area (Å²) in [6.07, 6.45) is 5.47. The molecule has 3 heteroatoms. The molecule has 0 saturated carbocycles. The van der Waals surface area contributed by atoms with Crippen LogP contribution in [0.3, 0.4) is 0 Å². The highest BCUT2D eigenvalue weighted by atomic mass is 15.2. The van der Waals surface area contributed by atoms with Gasteiger partial charge in [0.25, 0.3) is 0 Å². The quantitative estimate of drug-likeness (QED) is 0.648. The predicted molar refractivity (Wildman–Crippen MR) is 61.3 cm³/mol. The van der Waals surface area contributed by atoms with Crippen molar-refractivity contribution >= 4 is 0 Å². The molecule has 1 fully saturated rings. The first-order chi connectivity index (χ1) is 6.72. The van der Waals surface area contributed by atoms with Crippen LogP contribution in [0.5, 0.6) is 0 Å². The van der Waals surface area contributed by atoms with Crippen molar-refractivity contribution in [2.75, 3.05) is 26.2 Å². The van der Waals surface area contributed by atoms with E-state index in [1.54, 1.807) is 0 Å². The lowest BCUT2D eigenvalue weighted by molar-refractivity contribution is 0.215. The molecule has 1 heterocycles. The van der Waals surface area contributed by atoms with Gasteiger partial charge in [0.15, 0.2) is 0 Å². The van der Waals surface area contributed by atoms with Gasteiger partial charge in [0.1, 0.15) is 0 Å². The number of rotatable bonds is 4. The molecule has 1 saturated heterocycles. The van der Waals surface area contributed by atoms with E-state index in [-0.39, 0.29) is 6.04 Å². The molecular weight excluding hydrogens is 174 g/mol. The maximum Gasteiger partial charge on any atom is 0.0195 e. The van der Waals surface area contributed by atoms with Gasteiger partial charge < -0.3 is 11.1 Å². The first kappa shape index (κ1) is 11.7. The third kappa shape index (κ3) is 4.22. The van der Waals surface area contributed by atoms with Gasteiger partial charge in [-0.25, -0.2) is 0 Å². The summed E-state index contributed by atoms with van der Waals surface area (Å²) in [5, 5.41) is 3.51. The zero-order valence-electron chi connectivity index (χ0n) is 9.37. The van der Waals surface area contributed by atoms with Crippen LogP contribution in [0.25, 0.3) is 0 Å². The lowest BCUT2D eigenvalue weighted by Crippen LogP contribution is -2.50. The summed E-state index contributed by atoms with van der Waals surface area (Å²) in [5.41, 5.74) is 5.64. The van der Waals surface area contributed by atoms with E-state index in [0.29, 0.717) is 6.04 Å². The van der Waals surface area contributed by atoms with Crippen LogP contribution < -0.4 is 11.1 Å². The van der Waals surface area contributed by atoms with Gasteiger partial charge in [-0.1, -0.05) is 19.1 Å². The van der Waals surface area contributed by atoms with Crippen LogP contribution in [0.2, 0.25) is 0 Å². The van der Waals surface area contributed by atoms with Gasteiger partial charge in [0.05, 0.1) is 0 Å². The zero-order chi connectivity index (χ0) is 10.4. The van der Waals surface area contributed by atoms with Crippen LogP contribution in [0, 0.1) is 0 Å². The molecular formula is C11H23N3. The number of nitrogens with two attached hydrogens (primary N) is 1. The van der Waals surface area contributed by atoms with Gasteiger partial charge in [-0.05, 0) is 13.3 Å². The topological polar surface area (TPSA) is 41.3 Å². The van der Waals surface area contributed by atoms with Crippen LogP contribution in [0.1, 0.15) is 20.3 Å². The van der Waals surface area contributed by atoms with Crippen molar-refractivity contribution in [1.82, 2.24) is 10.2 Å². The SMILES string of the molecule is CC[C@H]1CN(C/C=C/C(C)N)CCN1. The second kappa shape index (κ2) is 6.17. The number of piperazine rings is 1. The Morgan fingerprint density at radius 3 is 3.07 bits per heavy atom. The van der Waals surface area contributed by atoms with Crippen molar-refractivity contribution in [3.63, 3.8) is 0 Å². The second-order valence-corrected chi connectivity index (χ2v) is 4.11. The van der Waals surface area contributed by atoms with E-state index in [2.05, 4.69) is 29.3 Å². The monoisotopic (exact) mass is 197 g/mol. The third-order valence-corrected chi connectivity index (χ3v) is 2.64. The molecule has 1 unspecified atom stereocenters. The fourth-order valence-electron chi connectivity index (χ4n) is 1.76. The Balaban J connectivity index is 2.23. The van der Waals surface area contributed by atoms with Gasteiger partial charge in [-0.3, -0.25) is 4.90 Å². The molecule has 1 rings (SSSR count). The third-order valence-electron chi connectivity index (χ3n) is 2.64. The van der Waals surface area contributed by atoms with Crippen LogP contribution in [-0.2, 0) is 0 Å². The minimum Gasteiger partial charge on any atom is -0.325 e. The van der Waals surface area contributed by atoms with E-state index in [4.69, 9.17) is 5.73 Å². The van der Waals surface area contributed by atoms with E-state index in [0.717, 1.165) is 19.6 Å². The average Bonchev–Trinajstić information content (AvgIpc) is 2.18. The Bertz CT molecular complexity index is 177. The molecule has 14 heavy (non-hydrogen) atoms. The summed E-state index contributed by atoms with van der Waals surface area (Å²) in [7, 11) is 0. The molecule has 0 spiro atoms. The highest BCUT2D eigenvalue weighted by Crippen LogP contribution is 2.01. The minimum atomic E-state index is 0.180. The van der Waals surface area contributed by atoms with E-state index in [1.807, 2.05) is 6.92 Å². The van der Waals surface area contributed by atoms with Gasteiger partial charge in [-0.15, -0.1) is 0 Å². The van der Waals surface area contributed by atoms with E-state index >= 15 is 0 Å². The van der Waals surface area contributed by atoms with E-state index in [9.17, 15) is 0 Å². The summed E-state index contributed by atoms with van der Waals surface area (Å²) < 4.78 is 0. The van der Waals surface area contributed by atoms with E-state index in [1.165, 1.54) is 13.0 Å². The number of hydrogen-bond donors (Lipinski definition) is 2. The Morgan fingerprint density at radius 1 is 1.64 bits per heavy atom. The summed E-state index contributed by atoms with van der Waals surface area (Å²) >= 11 is 0. The average molecular weight is 197 g/mol. The van der Waals surface area contributed by atoms with Crippen LogP contribution >= 0.6 is 0 Å². The molecule has 0 aliphatic carbocycles. The molecule has 0 aromatic heterocycles. The lowest BCUT2D eigenvalue weighted by Gasteiger charge is -2.32. The van der Waals surface area contributed by atoms with E-state index < -0.39 is 0 Å². The van der Waals surface area contributed by atoms with Gasteiger partial charge >= 0.3 is 0 Å². The summed E-state index contributed by atoms with van der Waals surface area (Å²) in [5.74, 6) is 0. The number of nitrogens with one attached hydrogen (secondary N) is 1. The standard InChI is InChI=1S/C11H23N3/c1-3-11-9-14(8-6-13-11)7-4-5-10(2)12/h4-5,10-11,13H,3,6-9,12H2,1-2H3/b5-4+/t10?,11-/m0/s1. The summed E-state index contributed by atoms with van der Waals surface area (Å²) in [6.45, 7) is 8.71. The molecule has 0 aromatic carbocycles. The van der Waals surface area contributed by atoms with Crippen molar-refractivity contribution in [2.24, 2.45) is 5.73 Å². The summed E-state index contributed by atoms with van der Waals surface area (Å²) in [6, 6.07) is 0.854. The second-order valence-electron chi connectivity index (χ2n) is 4.11. The zero-order valence-corrected chi connectivity index (χ0v) is 9.37. The predicted octanol–water partition coefficient (Wildman–Crippen LogP) is 0.574. The molecule has 0 radical (unpaired) electrons. The highest BCUT2D eigenvalue weighted by Gasteiger charge is 2.15. The highest BCUT2D eigenvalue weighted by molar-refractivity contribution is 4.92. The van der Waals surface area contributed by atoms with Gasteiger partial charge in [0, 0.05) is 38.3 Å². The smallest absolute Gasteiger partial charge is 0.0195 e. The molecule has 3 N–H and O–H groups in total. The molecule has 0 bridgehead atoms. The molecule has 1 aliphatic heterocycles. The molecule has 1 aliphatic rings. The van der Waals surface area contributed by atoms with Gasteiger partial charge in [0.2, 0.25) is 0 Å². The number of hydrogen-bond acceptors (Lipinski definition) is 3. The minimum absolute atomic E-state index is 0.180. The Hall–Kier alpha value is -0.380. The number of nitrogens with zero attached hydrogens (tertiary/aromatic N) is 1. The van der Waals surface area contributed by atoms with Crippen LogP contribution in [0.15, 0.2) is 12.2 Å². The largest absolute Gasteiger partial charge is 0.325 e. The first-order valence-electron chi connectivity index (χ1n) is 5.60. The van der Waals surface area contributed by atoms with Crippen molar-refractivity contribution in [1.29, 1.82) is 0 Å². The van der Waals surface area contributed by atoms with Crippen LogP contribution in [0.4, 0.5) is 0 Å². The molecule has 3 nitrogen and oxygen atoms in total. The van der Waals surface area contributed by atoms with Crippen molar-refractivity contribution in [2.45, 2.75) is 32.4 Å². The Morgan fingerprint density at radius 2 is 2.43 bits per heavy atom. The summed E-state index contributed by atoms with van der Waals surface area (Å²) in [4.78, 5) is 2.48. The van der Waals surface area contributed by atoms with Crippen molar-refractivity contribution in [3.8, 4) is 0 Å². The molecule has 0 aromatic rings. The normalized spacial score (nSPS) is 26.9. The van der Waals surface area contributed by atoms with Crippen molar-refractivity contribution in [3.05, 3.63) is 12.2 Å². The fourth-order valence-corrected chi connectivity index (χ4v) is 1.76. The fraction of sp³-hybridized carbons (Fsp3) is 0.818.